The van der Waals surface area contributed by atoms with Gasteiger partial charge in [0.15, 0.2) is 0 Å². The van der Waals surface area contributed by atoms with E-state index in [1.807, 2.05) is 0 Å². The van der Waals surface area contributed by atoms with Gasteiger partial charge in [-0.3, -0.25) is 4.79 Å². The van der Waals surface area contributed by atoms with Gasteiger partial charge in [0.2, 0.25) is 0 Å². The van der Waals surface area contributed by atoms with Gasteiger partial charge < -0.3 is 9.84 Å². The first-order valence-electron chi connectivity index (χ1n) is 3.21. The highest BCUT2D eigenvalue weighted by atomic mass is 16.6. The van der Waals surface area contributed by atoms with Crippen LogP contribution in [0.3, 0.4) is 0 Å². The summed E-state index contributed by atoms with van der Waals surface area (Å²) in [5, 5.41) is 8.66. The molecule has 1 heterocycles. The highest BCUT2D eigenvalue weighted by molar-refractivity contribution is 5.72. The lowest BCUT2D eigenvalue weighted by atomic mass is 10.0. The van der Waals surface area contributed by atoms with E-state index in [-0.39, 0.29) is 24.6 Å². The van der Waals surface area contributed by atoms with Crippen molar-refractivity contribution in [1.29, 1.82) is 0 Å². The molecule has 2 atom stereocenters. The summed E-state index contributed by atoms with van der Waals surface area (Å²) in [6.45, 7) is 3.42. The van der Waals surface area contributed by atoms with Crippen molar-refractivity contribution in [2.24, 2.45) is 5.92 Å². The van der Waals surface area contributed by atoms with Crippen molar-refractivity contribution in [1.82, 2.24) is 0 Å². The summed E-state index contributed by atoms with van der Waals surface area (Å²) in [5.74, 6) is -0.249. The molecule has 10 heavy (non-hydrogen) atoms. The van der Waals surface area contributed by atoms with Crippen LogP contribution in [0.2, 0.25) is 0 Å². The van der Waals surface area contributed by atoms with Crippen LogP contribution in [0.5, 0.6) is 0 Å². The Balaban J connectivity index is 2.56. The first-order chi connectivity index (χ1) is 4.77. The van der Waals surface area contributed by atoms with Crippen molar-refractivity contribution in [3.63, 3.8) is 0 Å². The summed E-state index contributed by atoms with van der Waals surface area (Å²) in [7, 11) is 0. The number of carbonyl (C=O) groups excluding carboxylic acids is 1. The lowest BCUT2D eigenvalue weighted by Gasteiger charge is -2.09. The molecule has 3 heteroatoms. The second-order valence-electron chi connectivity index (χ2n) is 2.31. The summed E-state index contributed by atoms with van der Waals surface area (Å²) in [6.07, 6.45) is 1.64. The zero-order valence-electron chi connectivity index (χ0n) is 5.62. The van der Waals surface area contributed by atoms with Gasteiger partial charge in [0.1, 0.15) is 6.10 Å². The zero-order chi connectivity index (χ0) is 7.56. The topological polar surface area (TPSA) is 46.5 Å². The molecule has 1 rings (SSSR count). The lowest BCUT2D eigenvalue weighted by Crippen LogP contribution is -2.18. The van der Waals surface area contributed by atoms with Gasteiger partial charge in [-0.25, -0.2) is 0 Å². The molecule has 0 amide bonds. The molecule has 0 spiro atoms. The van der Waals surface area contributed by atoms with Crippen LogP contribution in [0, 0.1) is 5.92 Å². The minimum atomic E-state index is -0.356. The maximum atomic E-state index is 10.6. The number of hydrogen-bond donors (Lipinski definition) is 1. The first kappa shape index (κ1) is 7.28. The van der Waals surface area contributed by atoms with Crippen LogP contribution in [0.1, 0.15) is 6.42 Å². The fraction of sp³-hybridized carbons (Fsp3) is 0.571. The largest absolute Gasteiger partial charge is 0.459 e. The van der Waals surface area contributed by atoms with Crippen molar-refractivity contribution in [3.05, 3.63) is 12.7 Å². The maximum Gasteiger partial charge on any atom is 0.306 e. The SMILES string of the molecule is C=C[C@@H]1CC(=O)O[C@@H]1CO. The van der Waals surface area contributed by atoms with E-state index >= 15 is 0 Å². The normalized spacial score (nSPS) is 31.9. The molecule has 1 N–H and O–H groups in total. The monoisotopic (exact) mass is 142 g/mol. The van der Waals surface area contributed by atoms with E-state index in [0.29, 0.717) is 6.42 Å². The average molecular weight is 142 g/mol. The first-order valence-corrected chi connectivity index (χ1v) is 3.21. The Hall–Kier alpha value is -0.830. The zero-order valence-corrected chi connectivity index (χ0v) is 5.62. The van der Waals surface area contributed by atoms with Crippen LogP contribution >= 0.6 is 0 Å². The number of aliphatic hydroxyl groups excluding tert-OH is 1. The smallest absolute Gasteiger partial charge is 0.306 e. The number of carbonyl (C=O) groups is 1. The van der Waals surface area contributed by atoms with Crippen LogP contribution in [-0.4, -0.2) is 23.8 Å². The van der Waals surface area contributed by atoms with Crippen LogP contribution in [-0.2, 0) is 9.53 Å². The third-order valence-corrected chi connectivity index (χ3v) is 1.65. The molecule has 1 aliphatic rings. The van der Waals surface area contributed by atoms with Gasteiger partial charge in [0.25, 0.3) is 0 Å². The van der Waals surface area contributed by atoms with Crippen molar-refractivity contribution in [2.75, 3.05) is 6.61 Å². The fourth-order valence-corrected chi connectivity index (χ4v) is 1.04. The number of esters is 1. The van der Waals surface area contributed by atoms with Crippen LogP contribution in [0.15, 0.2) is 12.7 Å². The molecule has 0 bridgehead atoms. The Kier molecular flexibility index (Phi) is 2.06. The molecule has 1 aliphatic heterocycles. The molecule has 0 aromatic heterocycles. The predicted molar refractivity (Wildman–Crippen MR) is 35.3 cm³/mol. The second kappa shape index (κ2) is 2.84. The van der Waals surface area contributed by atoms with Gasteiger partial charge in [-0.05, 0) is 0 Å². The molecular weight excluding hydrogens is 132 g/mol. The highest BCUT2D eigenvalue weighted by Crippen LogP contribution is 2.21. The predicted octanol–water partition coefficient (Wildman–Crippen LogP) is 0.0964. The summed E-state index contributed by atoms with van der Waals surface area (Å²) in [5.41, 5.74) is 0. The summed E-state index contributed by atoms with van der Waals surface area (Å²) >= 11 is 0. The lowest BCUT2D eigenvalue weighted by molar-refractivity contribution is -0.142. The fourth-order valence-electron chi connectivity index (χ4n) is 1.04. The number of ether oxygens (including phenoxy) is 1. The minimum absolute atomic E-state index is 0.00231. The van der Waals surface area contributed by atoms with E-state index in [1.54, 1.807) is 6.08 Å². The summed E-state index contributed by atoms with van der Waals surface area (Å²) in [4.78, 5) is 10.6. The Morgan fingerprint density at radius 2 is 2.60 bits per heavy atom. The molecule has 1 saturated heterocycles. The van der Waals surface area contributed by atoms with Crippen LogP contribution < -0.4 is 0 Å². The van der Waals surface area contributed by atoms with Gasteiger partial charge in [0, 0.05) is 5.92 Å². The van der Waals surface area contributed by atoms with E-state index in [1.165, 1.54) is 0 Å². The summed E-state index contributed by atoms with van der Waals surface area (Å²) in [6, 6.07) is 0. The minimum Gasteiger partial charge on any atom is -0.459 e. The van der Waals surface area contributed by atoms with Crippen molar-refractivity contribution >= 4 is 5.97 Å². The molecule has 1 fully saturated rings. The molecule has 0 unspecified atom stereocenters. The van der Waals surface area contributed by atoms with E-state index in [4.69, 9.17) is 9.84 Å². The van der Waals surface area contributed by atoms with E-state index in [0.717, 1.165) is 0 Å². The van der Waals surface area contributed by atoms with Gasteiger partial charge >= 0.3 is 5.97 Å². The molecule has 0 saturated carbocycles. The average Bonchev–Trinajstić information content (AvgIpc) is 2.30. The van der Waals surface area contributed by atoms with E-state index in [9.17, 15) is 4.79 Å². The van der Waals surface area contributed by atoms with Gasteiger partial charge in [-0.15, -0.1) is 6.58 Å². The number of hydrogen-bond acceptors (Lipinski definition) is 3. The van der Waals surface area contributed by atoms with Gasteiger partial charge in [-0.1, -0.05) is 6.08 Å². The molecular formula is C7H10O3. The number of cyclic esters (lactones) is 1. The molecule has 56 valence electrons. The highest BCUT2D eigenvalue weighted by Gasteiger charge is 2.31. The standard InChI is InChI=1S/C7H10O3/c1-2-5-3-7(9)10-6(5)4-8/h2,5-6,8H,1,3-4H2/t5-,6-/m1/s1. The van der Waals surface area contributed by atoms with Crippen molar-refractivity contribution in [2.45, 2.75) is 12.5 Å². The molecule has 0 aromatic carbocycles. The van der Waals surface area contributed by atoms with Crippen LogP contribution in [0.4, 0.5) is 0 Å². The summed E-state index contributed by atoms with van der Waals surface area (Å²) < 4.78 is 4.75. The van der Waals surface area contributed by atoms with Crippen molar-refractivity contribution < 1.29 is 14.6 Å². The second-order valence-corrected chi connectivity index (χ2v) is 2.31. The Morgan fingerprint density at radius 1 is 1.90 bits per heavy atom. The van der Waals surface area contributed by atoms with Gasteiger partial charge in [0.05, 0.1) is 13.0 Å². The molecule has 0 radical (unpaired) electrons. The van der Waals surface area contributed by atoms with E-state index < -0.39 is 0 Å². The number of aliphatic hydroxyl groups is 1. The van der Waals surface area contributed by atoms with Gasteiger partial charge in [-0.2, -0.15) is 0 Å². The third kappa shape index (κ3) is 1.19. The molecule has 0 aromatic rings. The quantitative estimate of drug-likeness (QED) is 0.439. The third-order valence-electron chi connectivity index (χ3n) is 1.65. The van der Waals surface area contributed by atoms with Crippen LogP contribution in [0.25, 0.3) is 0 Å². The molecule has 3 nitrogen and oxygen atoms in total. The Bertz CT molecular complexity index is 153. The Morgan fingerprint density at radius 3 is 3.00 bits per heavy atom. The van der Waals surface area contributed by atoms with E-state index in [2.05, 4.69) is 6.58 Å². The maximum absolute atomic E-state index is 10.6. The van der Waals surface area contributed by atoms with Crippen molar-refractivity contribution in [3.8, 4) is 0 Å². The molecule has 0 aliphatic carbocycles. The number of rotatable bonds is 2. The Labute approximate surface area is 59.3 Å².